The first-order valence-electron chi connectivity index (χ1n) is 8.38. The van der Waals surface area contributed by atoms with E-state index in [0.717, 1.165) is 12.8 Å². The largest absolute Gasteiger partial charge is 0.495 e. The molecule has 2 aliphatic carbocycles. The van der Waals surface area contributed by atoms with Crippen molar-refractivity contribution >= 4 is 23.5 Å². The van der Waals surface area contributed by atoms with E-state index in [4.69, 9.17) is 14.2 Å². The second-order valence-corrected chi connectivity index (χ2v) is 6.78. The summed E-state index contributed by atoms with van der Waals surface area (Å²) in [7, 11) is 1.51. The van der Waals surface area contributed by atoms with E-state index < -0.39 is 30.3 Å². The second-order valence-electron chi connectivity index (χ2n) is 6.78. The van der Waals surface area contributed by atoms with Crippen LogP contribution in [0.5, 0.6) is 5.75 Å². The van der Waals surface area contributed by atoms with E-state index in [-0.39, 0.29) is 23.9 Å². The third-order valence-electron chi connectivity index (χ3n) is 5.48. The molecule has 3 aliphatic rings. The van der Waals surface area contributed by atoms with Gasteiger partial charge >= 0.3 is 11.9 Å². The van der Waals surface area contributed by atoms with E-state index in [2.05, 4.69) is 5.32 Å². The molecule has 7 nitrogen and oxygen atoms in total. The smallest absolute Gasteiger partial charge is 0.310 e. The quantitative estimate of drug-likeness (QED) is 0.811. The summed E-state index contributed by atoms with van der Waals surface area (Å²) in [5, 5.41) is 2.65. The fourth-order valence-corrected chi connectivity index (χ4v) is 4.49. The average molecular weight is 345 g/mol. The highest BCUT2D eigenvalue weighted by atomic mass is 16.6. The zero-order valence-electron chi connectivity index (χ0n) is 13.8. The van der Waals surface area contributed by atoms with Gasteiger partial charge < -0.3 is 19.5 Å². The molecule has 7 heteroatoms. The summed E-state index contributed by atoms with van der Waals surface area (Å²) in [5.74, 6) is -1.32. The van der Waals surface area contributed by atoms with Gasteiger partial charge in [0.1, 0.15) is 11.9 Å². The molecule has 1 saturated heterocycles. The molecule has 132 valence electrons. The molecule has 0 unspecified atom stereocenters. The van der Waals surface area contributed by atoms with Gasteiger partial charge in [0, 0.05) is 5.92 Å². The van der Waals surface area contributed by atoms with Gasteiger partial charge in [-0.3, -0.25) is 14.4 Å². The molecule has 0 aromatic heterocycles. The van der Waals surface area contributed by atoms with Gasteiger partial charge in [0.2, 0.25) is 0 Å². The summed E-state index contributed by atoms with van der Waals surface area (Å²) in [6.45, 7) is -0.393. The van der Waals surface area contributed by atoms with Crippen molar-refractivity contribution in [1.82, 2.24) is 0 Å². The molecule has 25 heavy (non-hydrogen) atoms. The third-order valence-corrected chi connectivity index (χ3v) is 5.48. The minimum Gasteiger partial charge on any atom is -0.495 e. The molecule has 5 atom stereocenters. The summed E-state index contributed by atoms with van der Waals surface area (Å²) in [6, 6.07) is 6.97. The minimum absolute atomic E-state index is 0.0274. The van der Waals surface area contributed by atoms with E-state index in [9.17, 15) is 14.4 Å². The maximum atomic E-state index is 12.4. The molecule has 0 radical (unpaired) electrons. The Kier molecular flexibility index (Phi) is 3.86. The predicted molar refractivity (Wildman–Crippen MR) is 85.7 cm³/mol. The van der Waals surface area contributed by atoms with Crippen LogP contribution in [0.4, 0.5) is 5.69 Å². The molecule has 4 rings (SSSR count). The van der Waals surface area contributed by atoms with Crippen LogP contribution in [-0.4, -0.2) is 37.7 Å². The fourth-order valence-electron chi connectivity index (χ4n) is 4.49. The van der Waals surface area contributed by atoms with E-state index in [1.54, 1.807) is 24.3 Å². The number of nitrogens with one attached hydrogen (secondary N) is 1. The van der Waals surface area contributed by atoms with Gasteiger partial charge in [-0.25, -0.2) is 0 Å². The van der Waals surface area contributed by atoms with Gasteiger partial charge in [-0.15, -0.1) is 0 Å². The summed E-state index contributed by atoms with van der Waals surface area (Å²) in [4.78, 5) is 36.4. The van der Waals surface area contributed by atoms with Gasteiger partial charge in [-0.2, -0.15) is 0 Å². The van der Waals surface area contributed by atoms with Gasteiger partial charge in [-0.05, 0) is 30.9 Å². The van der Waals surface area contributed by atoms with Crippen molar-refractivity contribution in [3.05, 3.63) is 24.3 Å². The number of hydrogen-bond acceptors (Lipinski definition) is 6. The van der Waals surface area contributed by atoms with Crippen LogP contribution >= 0.6 is 0 Å². The average Bonchev–Trinajstić information content (AvgIpc) is 3.22. The second kappa shape index (κ2) is 6.06. The molecular formula is C18H19NO6. The van der Waals surface area contributed by atoms with Crippen LogP contribution < -0.4 is 10.1 Å². The van der Waals surface area contributed by atoms with Gasteiger partial charge in [0.05, 0.1) is 24.6 Å². The first-order valence-corrected chi connectivity index (χ1v) is 8.38. The number of carbonyl (C=O) groups excluding carboxylic acids is 3. The predicted octanol–water partition coefficient (Wildman–Crippen LogP) is 1.37. The lowest BCUT2D eigenvalue weighted by Crippen LogP contribution is -2.35. The summed E-state index contributed by atoms with van der Waals surface area (Å²) >= 11 is 0. The van der Waals surface area contributed by atoms with Crippen molar-refractivity contribution in [3.8, 4) is 5.75 Å². The first-order chi connectivity index (χ1) is 12.1. The number of ether oxygens (including phenoxy) is 3. The van der Waals surface area contributed by atoms with Gasteiger partial charge in [0.25, 0.3) is 5.91 Å². The Morgan fingerprint density at radius 1 is 1.28 bits per heavy atom. The van der Waals surface area contributed by atoms with E-state index in [1.807, 2.05) is 0 Å². The number of fused-ring (bicyclic) bond motifs is 1. The number of rotatable bonds is 5. The maximum Gasteiger partial charge on any atom is 0.310 e. The Balaban J connectivity index is 1.35. The topological polar surface area (TPSA) is 90.9 Å². The minimum atomic E-state index is -0.482. The van der Waals surface area contributed by atoms with Crippen molar-refractivity contribution in [2.75, 3.05) is 19.0 Å². The van der Waals surface area contributed by atoms with Crippen molar-refractivity contribution in [2.24, 2.45) is 23.7 Å². The molecule has 2 bridgehead atoms. The Morgan fingerprint density at radius 3 is 2.88 bits per heavy atom. The SMILES string of the molecule is COc1ccccc1NC(=O)COC(=O)[C@@H]1[C@@H]2C[C@@H]3[C@@H]1C(=O)O[C@H]3C2. The van der Waals surface area contributed by atoms with E-state index in [0.29, 0.717) is 11.4 Å². The third kappa shape index (κ3) is 2.63. The van der Waals surface area contributed by atoms with Crippen molar-refractivity contribution in [2.45, 2.75) is 18.9 Å². The summed E-state index contributed by atoms with van der Waals surface area (Å²) in [5.41, 5.74) is 0.508. The molecule has 1 aromatic rings. The number of methoxy groups -OCH3 is 1. The van der Waals surface area contributed by atoms with Crippen LogP contribution in [0, 0.1) is 23.7 Å². The maximum absolute atomic E-state index is 12.4. The summed E-state index contributed by atoms with van der Waals surface area (Å²) < 4.78 is 15.7. The Labute approximate surface area is 144 Å². The highest BCUT2D eigenvalue weighted by Gasteiger charge is 2.64. The Hall–Kier alpha value is -2.57. The number of anilines is 1. The van der Waals surface area contributed by atoms with Gasteiger partial charge in [-0.1, -0.05) is 12.1 Å². The lowest BCUT2D eigenvalue weighted by atomic mass is 9.80. The number of carbonyl (C=O) groups is 3. The number of benzene rings is 1. The van der Waals surface area contributed by atoms with Crippen LogP contribution in [0.3, 0.4) is 0 Å². The van der Waals surface area contributed by atoms with Crippen LogP contribution in [0.15, 0.2) is 24.3 Å². The molecule has 1 N–H and O–H groups in total. The molecule has 3 fully saturated rings. The van der Waals surface area contributed by atoms with Crippen molar-refractivity contribution in [3.63, 3.8) is 0 Å². The lowest BCUT2D eigenvalue weighted by molar-refractivity contribution is -0.157. The highest BCUT2D eigenvalue weighted by Crippen LogP contribution is 2.57. The zero-order valence-corrected chi connectivity index (χ0v) is 13.8. The van der Waals surface area contributed by atoms with E-state index in [1.165, 1.54) is 7.11 Å². The lowest BCUT2D eigenvalue weighted by Gasteiger charge is -2.22. The van der Waals surface area contributed by atoms with Crippen LogP contribution in [-0.2, 0) is 23.9 Å². The standard InChI is InChI=1S/C18H19NO6/c1-23-12-5-3-2-4-11(12)19-14(20)8-24-17(21)15-9-6-10-13(7-9)25-18(22)16(10)15/h2-5,9-10,13,15-16H,6-8H2,1H3,(H,19,20)/t9-,10+,13+,15-,16+/m1/s1. The van der Waals surface area contributed by atoms with Crippen LogP contribution in [0.1, 0.15) is 12.8 Å². The van der Waals surface area contributed by atoms with Crippen molar-refractivity contribution < 1.29 is 28.6 Å². The Morgan fingerprint density at radius 2 is 2.08 bits per heavy atom. The summed E-state index contributed by atoms with van der Waals surface area (Å²) in [6.07, 6.45) is 1.52. The first kappa shape index (κ1) is 15.9. The monoisotopic (exact) mass is 345 g/mol. The number of esters is 2. The number of amides is 1. The molecule has 0 spiro atoms. The molecule has 1 heterocycles. The van der Waals surface area contributed by atoms with Crippen LogP contribution in [0.2, 0.25) is 0 Å². The molecule has 1 aliphatic heterocycles. The van der Waals surface area contributed by atoms with Gasteiger partial charge in [0.15, 0.2) is 6.61 Å². The zero-order chi connectivity index (χ0) is 17.6. The highest BCUT2D eigenvalue weighted by molar-refractivity contribution is 5.94. The van der Waals surface area contributed by atoms with Crippen LogP contribution in [0.25, 0.3) is 0 Å². The Bertz CT molecular complexity index is 730. The molecule has 1 aromatic carbocycles. The molecule has 2 saturated carbocycles. The normalized spacial score (nSPS) is 31.6. The van der Waals surface area contributed by atoms with E-state index >= 15 is 0 Å². The number of hydrogen-bond donors (Lipinski definition) is 1. The molecular weight excluding hydrogens is 326 g/mol. The number of para-hydroxylation sites is 2. The van der Waals surface area contributed by atoms with Crippen molar-refractivity contribution in [1.29, 1.82) is 0 Å². The molecule has 1 amide bonds. The fraction of sp³-hybridized carbons (Fsp3) is 0.500.